The van der Waals surface area contributed by atoms with Crippen LogP contribution in [0.5, 0.6) is 11.5 Å². The lowest BCUT2D eigenvalue weighted by Gasteiger charge is -2.23. The largest absolute Gasteiger partial charge is 0.495 e. The molecule has 0 aliphatic carbocycles. The number of fused-ring (bicyclic) bond motifs is 3. The maximum absolute atomic E-state index is 13.3. The van der Waals surface area contributed by atoms with Crippen molar-refractivity contribution in [2.24, 2.45) is 0 Å². The van der Waals surface area contributed by atoms with Gasteiger partial charge in [-0.25, -0.2) is 0 Å². The van der Waals surface area contributed by atoms with Crippen molar-refractivity contribution in [3.8, 4) is 22.8 Å². The Balaban J connectivity index is 1.76. The molecule has 27 heavy (non-hydrogen) atoms. The van der Waals surface area contributed by atoms with Gasteiger partial charge in [-0.2, -0.15) is 0 Å². The third-order valence-corrected chi connectivity index (χ3v) is 4.72. The van der Waals surface area contributed by atoms with Crippen LogP contribution in [0.1, 0.15) is 23.0 Å². The molecule has 0 atom stereocenters. The summed E-state index contributed by atoms with van der Waals surface area (Å²) in [7, 11) is 1.55. The quantitative estimate of drug-likeness (QED) is 0.659. The van der Waals surface area contributed by atoms with E-state index in [2.05, 4.69) is 5.16 Å². The number of hydrogen-bond donors (Lipinski definition) is 0. The topological polar surface area (TPSA) is 64.8 Å². The Morgan fingerprint density at radius 2 is 2.11 bits per heavy atom. The molecule has 7 heteroatoms. The highest BCUT2D eigenvalue weighted by Gasteiger charge is 2.31. The Bertz CT molecular complexity index is 1010. The van der Waals surface area contributed by atoms with Crippen LogP contribution in [-0.4, -0.2) is 24.7 Å². The number of anilines is 1. The summed E-state index contributed by atoms with van der Waals surface area (Å²) in [5, 5.41) is 4.56. The smallest absolute Gasteiger partial charge is 0.281 e. The van der Waals surface area contributed by atoms with Gasteiger partial charge in [0.1, 0.15) is 18.1 Å². The summed E-state index contributed by atoms with van der Waals surface area (Å²) >= 11 is 6.13. The first-order chi connectivity index (χ1) is 13.1. The predicted octanol–water partition coefficient (Wildman–Crippen LogP) is 4.56. The molecule has 2 heterocycles. The Morgan fingerprint density at radius 3 is 2.89 bits per heavy atom. The van der Waals surface area contributed by atoms with Crippen LogP contribution in [0.15, 0.2) is 47.0 Å². The molecule has 0 saturated carbocycles. The molecular weight excluding hydrogens is 368 g/mol. The second kappa shape index (κ2) is 6.96. The van der Waals surface area contributed by atoms with Crippen LogP contribution in [0.2, 0.25) is 5.02 Å². The molecule has 1 aromatic heterocycles. The number of nitrogens with zero attached hydrogens (tertiary/aromatic N) is 2. The third-order valence-electron chi connectivity index (χ3n) is 4.49. The van der Waals surface area contributed by atoms with Crippen molar-refractivity contribution in [2.75, 3.05) is 18.6 Å². The fraction of sp³-hybridized carbons (Fsp3) is 0.200. The summed E-state index contributed by atoms with van der Waals surface area (Å²) in [4.78, 5) is 14.8. The van der Waals surface area contributed by atoms with Crippen LogP contribution in [0.25, 0.3) is 11.3 Å². The van der Waals surface area contributed by atoms with Crippen LogP contribution in [0.4, 0.5) is 5.69 Å². The Hall–Kier alpha value is -2.99. The van der Waals surface area contributed by atoms with E-state index in [-0.39, 0.29) is 18.2 Å². The van der Waals surface area contributed by atoms with Gasteiger partial charge in [-0.1, -0.05) is 28.9 Å². The molecule has 4 rings (SSSR count). The number of benzene rings is 2. The van der Waals surface area contributed by atoms with E-state index in [1.807, 2.05) is 31.2 Å². The van der Waals surface area contributed by atoms with E-state index < -0.39 is 0 Å². The van der Waals surface area contributed by atoms with Gasteiger partial charge in [-0.05, 0) is 37.3 Å². The van der Waals surface area contributed by atoms with Crippen molar-refractivity contribution in [3.05, 3.63) is 58.7 Å². The zero-order chi connectivity index (χ0) is 19.0. The Labute approximate surface area is 161 Å². The Kier molecular flexibility index (Phi) is 4.49. The van der Waals surface area contributed by atoms with Gasteiger partial charge in [0, 0.05) is 11.6 Å². The number of hydrogen-bond acceptors (Lipinski definition) is 5. The first-order valence-corrected chi connectivity index (χ1v) is 8.88. The van der Waals surface area contributed by atoms with Crippen LogP contribution in [0.3, 0.4) is 0 Å². The Morgan fingerprint density at radius 1 is 1.30 bits per heavy atom. The maximum atomic E-state index is 13.3. The number of rotatable bonds is 4. The second-order valence-electron chi connectivity index (χ2n) is 5.99. The fourth-order valence-electron chi connectivity index (χ4n) is 3.18. The number of amides is 1. The van der Waals surface area contributed by atoms with Gasteiger partial charge in [0.05, 0.1) is 23.9 Å². The highest BCUT2D eigenvalue weighted by atomic mass is 35.5. The fourth-order valence-corrected chi connectivity index (χ4v) is 3.34. The SMILES string of the molecule is CCN(C(=O)c1noc2c1COc1ccccc1-2)c1cc(Cl)ccc1OC. The highest BCUT2D eigenvalue weighted by molar-refractivity contribution is 6.31. The predicted molar refractivity (Wildman–Crippen MR) is 102 cm³/mol. The number of aromatic nitrogens is 1. The molecule has 1 amide bonds. The molecule has 6 nitrogen and oxygen atoms in total. The third kappa shape index (κ3) is 2.92. The maximum Gasteiger partial charge on any atom is 0.281 e. The van der Waals surface area contributed by atoms with E-state index in [9.17, 15) is 4.79 Å². The molecule has 0 saturated heterocycles. The van der Waals surface area contributed by atoms with Gasteiger partial charge in [0.2, 0.25) is 0 Å². The molecule has 0 spiro atoms. The number of carbonyl (C=O) groups is 1. The van der Waals surface area contributed by atoms with Crippen molar-refractivity contribution < 1.29 is 18.8 Å². The van der Waals surface area contributed by atoms with Gasteiger partial charge in [0.25, 0.3) is 5.91 Å². The van der Waals surface area contributed by atoms with Gasteiger partial charge in [-0.15, -0.1) is 0 Å². The van der Waals surface area contributed by atoms with Gasteiger partial charge in [-0.3, -0.25) is 4.79 Å². The van der Waals surface area contributed by atoms with Gasteiger partial charge < -0.3 is 18.9 Å². The van der Waals surface area contributed by atoms with E-state index in [0.29, 0.717) is 40.1 Å². The monoisotopic (exact) mass is 384 g/mol. The van der Waals surface area contributed by atoms with Crippen molar-refractivity contribution in [1.29, 1.82) is 0 Å². The zero-order valence-electron chi connectivity index (χ0n) is 14.9. The molecule has 2 aromatic carbocycles. The van der Waals surface area contributed by atoms with Gasteiger partial charge >= 0.3 is 0 Å². The molecule has 0 radical (unpaired) electrons. The average molecular weight is 385 g/mol. The van der Waals surface area contributed by atoms with E-state index in [1.54, 1.807) is 30.2 Å². The number of methoxy groups -OCH3 is 1. The molecular formula is C20H17ClN2O4. The van der Waals surface area contributed by atoms with Crippen molar-refractivity contribution in [3.63, 3.8) is 0 Å². The van der Waals surface area contributed by atoms with E-state index >= 15 is 0 Å². The molecule has 3 aromatic rings. The summed E-state index contributed by atoms with van der Waals surface area (Å²) in [5.74, 6) is 1.53. The normalized spacial score (nSPS) is 12.0. The van der Waals surface area contributed by atoms with Crippen LogP contribution >= 0.6 is 11.6 Å². The summed E-state index contributed by atoms with van der Waals surface area (Å²) in [5.41, 5.74) is 2.22. The summed E-state index contributed by atoms with van der Waals surface area (Å²) < 4.78 is 16.7. The lowest BCUT2D eigenvalue weighted by atomic mass is 10.0. The van der Waals surface area contributed by atoms with Crippen LogP contribution < -0.4 is 14.4 Å². The second-order valence-corrected chi connectivity index (χ2v) is 6.43. The minimum atomic E-state index is -0.300. The molecule has 0 fully saturated rings. The first kappa shape index (κ1) is 17.4. The number of ether oxygens (including phenoxy) is 2. The number of carbonyl (C=O) groups excluding carboxylic acids is 1. The zero-order valence-corrected chi connectivity index (χ0v) is 15.6. The molecule has 0 unspecified atom stereocenters. The van der Waals surface area contributed by atoms with Gasteiger partial charge in [0.15, 0.2) is 11.5 Å². The summed E-state index contributed by atoms with van der Waals surface area (Å²) in [6.07, 6.45) is 0. The lowest BCUT2D eigenvalue weighted by molar-refractivity contribution is 0.0977. The molecule has 0 bridgehead atoms. The van der Waals surface area contributed by atoms with Crippen molar-refractivity contribution in [1.82, 2.24) is 5.16 Å². The van der Waals surface area contributed by atoms with E-state index in [1.165, 1.54) is 0 Å². The van der Waals surface area contributed by atoms with Crippen molar-refractivity contribution in [2.45, 2.75) is 13.5 Å². The molecule has 1 aliphatic rings. The average Bonchev–Trinajstić information content (AvgIpc) is 3.13. The summed E-state index contributed by atoms with van der Waals surface area (Å²) in [6, 6.07) is 12.6. The molecule has 1 aliphatic heterocycles. The molecule has 138 valence electrons. The van der Waals surface area contributed by atoms with Crippen LogP contribution in [0, 0.1) is 0 Å². The standard InChI is InChI=1S/C20H17ClN2O4/c1-3-23(15-10-12(21)8-9-17(15)25-2)20(24)18-14-11-26-16-7-5-4-6-13(16)19(14)27-22-18/h4-10H,3,11H2,1-2H3. The lowest BCUT2D eigenvalue weighted by Crippen LogP contribution is -2.32. The minimum absolute atomic E-state index is 0.223. The first-order valence-electron chi connectivity index (χ1n) is 8.50. The van der Waals surface area contributed by atoms with Crippen LogP contribution in [-0.2, 0) is 6.61 Å². The van der Waals surface area contributed by atoms with E-state index in [4.69, 9.17) is 25.6 Å². The van der Waals surface area contributed by atoms with Crippen molar-refractivity contribution >= 4 is 23.2 Å². The minimum Gasteiger partial charge on any atom is -0.495 e. The highest BCUT2D eigenvalue weighted by Crippen LogP contribution is 2.39. The number of para-hydroxylation sites is 1. The van der Waals surface area contributed by atoms with E-state index in [0.717, 1.165) is 5.56 Å². The summed E-state index contributed by atoms with van der Waals surface area (Å²) in [6.45, 7) is 2.51. The molecule has 0 N–H and O–H groups in total. The number of halogens is 1.